The number of fused-ring (bicyclic) bond motifs is 1. The van der Waals surface area contributed by atoms with Gasteiger partial charge in [0.15, 0.2) is 11.5 Å². The number of amides is 1. The molecule has 0 saturated heterocycles. The van der Waals surface area contributed by atoms with Gasteiger partial charge in [-0.05, 0) is 82.8 Å². The SMILES string of the molecule is CCC(=O)Oc1c(OC)cc(/C=C2/C(C)=C(CC(=O)NCc3ccccn3)c3cc(F)ccc32)cc1OC. The average molecular weight is 517 g/mol. The molecule has 2 aromatic carbocycles. The van der Waals surface area contributed by atoms with Crippen LogP contribution in [0.25, 0.3) is 17.2 Å². The third-order valence-electron chi connectivity index (χ3n) is 6.28. The van der Waals surface area contributed by atoms with Crippen molar-refractivity contribution >= 4 is 29.1 Å². The maximum absolute atomic E-state index is 14.3. The van der Waals surface area contributed by atoms with Gasteiger partial charge in [0.05, 0.1) is 32.9 Å². The number of carbonyl (C=O) groups is 2. The summed E-state index contributed by atoms with van der Waals surface area (Å²) in [5, 5.41) is 2.89. The molecule has 1 heterocycles. The fourth-order valence-electron chi connectivity index (χ4n) is 4.33. The maximum atomic E-state index is 14.3. The number of allylic oxidation sites excluding steroid dienone is 2. The van der Waals surface area contributed by atoms with Crippen molar-refractivity contribution in [3.63, 3.8) is 0 Å². The molecule has 38 heavy (non-hydrogen) atoms. The van der Waals surface area contributed by atoms with Crippen LogP contribution in [0.2, 0.25) is 0 Å². The number of pyridine rings is 1. The molecule has 3 aromatic rings. The van der Waals surface area contributed by atoms with Gasteiger partial charge in [-0.3, -0.25) is 14.6 Å². The van der Waals surface area contributed by atoms with Crippen molar-refractivity contribution in [1.82, 2.24) is 10.3 Å². The minimum atomic E-state index is -0.413. The Morgan fingerprint density at radius 2 is 1.76 bits per heavy atom. The van der Waals surface area contributed by atoms with E-state index in [0.717, 1.165) is 33.5 Å². The van der Waals surface area contributed by atoms with Crippen LogP contribution in [0, 0.1) is 5.82 Å². The number of hydrogen-bond donors (Lipinski definition) is 1. The number of benzene rings is 2. The summed E-state index contributed by atoms with van der Waals surface area (Å²) >= 11 is 0. The first kappa shape index (κ1) is 26.6. The monoisotopic (exact) mass is 516 g/mol. The van der Waals surface area contributed by atoms with E-state index >= 15 is 0 Å². The largest absolute Gasteiger partial charge is 0.493 e. The fraction of sp³-hybridized carbons (Fsp3) is 0.233. The third kappa shape index (κ3) is 5.75. The van der Waals surface area contributed by atoms with Crippen molar-refractivity contribution in [1.29, 1.82) is 0 Å². The Balaban J connectivity index is 1.69. The van der Waals surface area contributed by atoms with Crippen LogP contribution in [0.15, 0.2) is 60.3 Å². The van der Waals surface area contributed by atoms with E-state index in [1.54, 1.807) is 31.3 Å². The van der Waals surface area contributed by atoms with Gasteiger partial charge in [0.2, 0.25) is 11.7 Å². The molecule has 0 radical (unpaired) electrons. The molecule has 0 fully saturated rings. The van der Waals surface area contributed by atoms with Gasteiger partial charge in [-0.1, -0.05) is 19.1 Å². The first-order valence-corrected chi connectivity index (χ1v) is 12.2. The predicted molar refractivity (Wildman–Crippen MR) is 143 cm³/mol. The molecule has 0 spiro atoms. The van der Waals surface area contributed by atoms with Crippen LogP contribution in [0.5, 0.6) is 17.2 Å². The zero-order valence-electron chi connectivity index (χ0n) is 21.8. The van der Waals surface area contributed by atoms with Gasteiger partial charge in [-0.25, -0.2) is 4.39 Å². The highest BCUT2D eigenvalue weighted by atomic mass is 19.1. The minimum absolute atomic E-state index is 0.0883. The van der Waals surface area contributed by atoms with Gasteiger partial charge in [-0.2, -0.15) is 0 Å². The summed E-state index contributed by atoms with van der Waals surface area (Å²) in [6.45, 7) is 3.92. The van der Waals surface area contributed by atoms with Gasteiger partial charge < -0.3 is 19.5 Å². The van der Waals surface area contributed by atoms with E-state index in [9.17, 15) is 14.0 Å². The van der Waals surface area contributed by atoms with Crippen molar-refractivity contribution < 1.29 is 28.2 Å². The van der Waals surface area contributed by atoms with Gasteiger partial charge >= 0.3 is 5.97 Å². The van der Waals surface area contributed by atoms with E-state index in [2.05, 4.69) is 10.3 Å². The topological polar surface area (TPSA) is 86.8 Å². The molecule has 4 rings (SSSR count). The number of nitrogens with one attached hydrogen (secondary N) is 1. The zero-order chi connectivity index (χ0) is 27.2. The lowest BCUT2D eigenvalue weighted by molar-refractivity contribution is -0.134. The highest BCUT2D eigenvalue weighted by molar-refractivity contribution is 6.08. The smallest absolute Gasteiger partial charge is 0.311 e. The maximum Gasteiger partial charge on any atom is 0.311 e. The molecule has 1 N–H and O–H groups in total. The van der Waals surface area contributed by atoms with Crippen LogP contribution in [0.4, 0.5) is 4.39 Å². The molecule has 8 heteroatoms. The second-order valence-corrected chi connectivity index (χ2v) is 8.71. The highest BCUT2D eigenvalue weighted by Crippen LogP contribution is 2.45. The molecule has 1 aliphatic rings. The fourth-order valence-corrected chi connectivity index (χ4v) is 4.33. The lowest BCUT2D eigenvalue weighted by Crippen LogP contribution is -2.23. The summed E-state index contributed by atoms with van der Waals surface area (Å²) in [5.74, 6) is -0.0988. The first-order valence-electron chi connectivity index (χ1n) is 12.2. The molecule has 0 aliphatic heterocycles. The molecule has 1 aromatic heterocycles. The number of halogens is 1. The summed E-state index contributed by atoms with van der Waals surface area (Å²) in [5.41, 5.74) is 5.41. The van der Waals surface area contributed by atoms with Gasteiger partial charge in [0, 0.05) is 12.6 Å². The Morgan fingerprint density at radius 3 is 2.39 bits per heavy atom. The molecule has 0 unspecified atom stereocenters. The summed E-state index contributed by atoms with van der Waals surface area (Å²) in [6.07, 6.45) is 3.88. The second-order valence-electron chi connectivity index (χ2n) is 8.71. The summed E-state index contributed by atoms with van der Waals surface area (Å²) in [7, 11) is 2.96. The van der Waals surface area contributed by atoms with Crippen LogP contribution in [0.3, 0.4) is 0 Å². The Bertz CT molecular complexity index is 1400. The lowest BCUT2D eigenvalue weighted by Gasteiger charge is -2.14. The number of nitrogens with zero attached hydrogens (tertiary/aromatic N) is 1. The molecule has 1 aliphatic carbocycles. The van der Waals surface area contributed by atoms with Crippen molar-refractivity contribution in [2.24, 2.45) is 0 Å². The average Bonchev–Trinajstić information content (AvgIpc) is 3.17. The molecular formula is C30H29FN2O5. The van der Waals surface area contributed by atoms with Crippen molar-refractivity contribution in [2.45, 2.75) is 33.2 Å². The molecule has 196 valence electrons. The zero-order valence-corrected chi connectivity index (χ0v) is 21.8. The summed E-state index contributed by atoms with van der Waals surface area (Å²) < 4.78 is 30.7. The van der Waals surface area contributed by atoms with Crippen LogP contribution in [0.1, 0.15) is 49.1 Å². The first-order chi connectivity index (χ1) is 18.3. The number of aromatic nitrogens is 1. The lowest BCUT2D eigenvalue weighted by atomic mass is 10.00. The Hall–Kier alpha value is -4.46. The third-order valence-corrected chi connectivity index (χ3v) is 6.28. The molecular weight excluding hydrogens is 487 g/mol. The van der Waals surface area contributed by atoms with Crippen LogP contribution in [-0.4, -0.2) is 31.1 Å². The van der Waals surface area contributed by atoms with E-state index in [0.29, 0.717) is 23.6 Å². The van der Waals surface area contributed by atoms with E-state index in [1.165, 1.54) is 26.4 Å². The molecule has 7 nitrogen and oxygen atoms in total. The molecule has 0 atom stereocenters. The Labute approximate surface area is 221 Å². The van der Waals surface area contributed by atoms with Crippen molar-refractivity contribution in [3.05, 3.63) is 88.5 Å². The second kappa shape index (κ2) is 11.7. The number of hydrogen-bond acceptors (Lipinski definition) is 6. The summed E-state index contributed by atoms with van der Waals surface area (Å²) in [4.78, 5) is 29.0. The van der Waals surface area contributed by atoms with Gasteiger partial charge in [0.25, 0.3) is 0 Å². The summed E-state index contributed by atoms with van der Waals surface area (Å²) in [6, 6.07) is 13.6. The number of rotatable bonds is 9. The number of methoxy groups -OCH3 is 2. The van der Waals surface area contributed by atoms with E-state index in [1.807, 2.05) is 31.2 Å². The van der Waals surface area contributed by atoms with Crippen molar-refractivity contribution in [2.75, 3.05) is 14.2 Å². The standard InChI is InChI=1S/C30H29FN2O5/c1-5-29(35)38-30-26(36-3)13-19(14-27(30)37-4)12-23-18(2)24(25-15-20(31)9-10-22(23)25)16-28(34)33-17-21-8-6-7-11-32-21/h6-15H,5,16-17H2,1-4H3,(H,33,34)/b23-12-. The van der Waals surface area contributed by atoms with E-state index in [-0.39, 0.29) is 30.3 Å². The predicted octanol–water partition coefficient (Wildman–Crippen LogP) is 5.59. The minimum Gasteiger partial charge on any atom is -0.493 e. The van der Waals surface area contributed by atoms with E-state index in [4.69, 9.17) is 14.2 Å². The number of carbonyl (C=O) groups excluding carboxylic acids is 2. The molecule has 1 amide bonds. The number of esters is 1. The Kier molecular flexibility index (Phi) is 8.21. The van der Waals surface area contributed by atoms with Gasteiger partial charge in [-0.15, -0.1) is 0 Å². The normalized spacial score (nSPS) is 13.3. The number of ether oxygens (including phenoxy) is 3. The molecule has 0 saturated carbocycles. The highest BCUT2D eigenvalue weighted by Gasteiger charge is 2.26. The molecule has 0 bridgehead atoms. The van der Waals surface area contributed by atoms with E-state index < -0.39 is 5.97 Å². The van der Waals surface area contributed by atoms with Crippen LogP contribution < -0.4 is 19.5 Å². The van der Waals surface area contributed by atoms with Crippen LogP contribution >= 0.6 is 0 Å². The van der Waals surface area contributed by atoms with Crippen LogP contribution in [-0.2, 0) is 16.1 Å². The quantitative estimate of drug-likeness (QED) is 0.295. The Morgan fingerprint density at radius 1 is 1.03 bits per heavy atom. The van der Waals surface area contributed by atoms with Crippen molar-refractivity contribution in [3.8, 4) is 17.2 Å². The van der Waals surface area contributed by atoms with Gasteiger partial charge in [0.1, 0.15) is 5.82 Å².